The molecule has 1 aliphatic rings. The van der Waals surface area contributed by atoms with E-state index in [1.165, 1.54) is 7.11 Å². The number of nitrogens with zero attached hydrogens (tertiary/aromatic N) is 3. The maximum atomic E-state index is 12.0. The number of carbonyl (C=O) groups excluding carboxylic acids is 1. The largest absolute Gasteiger partial charge is 0.497 e. The zero-order valence-corrected chi connectivity index (χ0v) is 20.0. The van der Waals surface area contributed by atoms with Crippen LogP contribution in [0.3, 0.4) is 0 Å². The molecule has 0 saturated carbocycles. The van der Waals surface area contributed by atoms with E-state index in [1.807, 2.05) is 32.9 Å². The van der Waals surface area contributed by atoms with E-state index >= 15 is 0 Å². The van der Waals surface area contributed by atoms with Gasteiger partial charge < -0.3 is 24.4 Å². The van der Waals surface area contributed by atoms with E-state index in [9.17, 15) is 4.79 Å². The van der Waals surface area contributed by atoms with Crippen LogP contribution in [-0.2, 0) is 22.3 Å². The van der Waals surface area contributed by atoms with E-state index in [0.717, 1.165) is 22.6 Å². The van der Waals surface area contributed by atoms with Crippen LogP contribution in [0.2, 0.25) is 5.02 Å². The number of hydrogen-bond acceptors (Lipinski definition) is 7. The van der Waals surface area contributed by atoms with Crippen LogP contribution in [0.1, 0.15) is 32.2 Å². The SMILES string of the molecule is CCO[C@H]1CN(C(=O)OC)C[C@H]1Nc1nc(CC)c(-c2ccc(OC)cc2Cl)nc1CC. The number of carbonyl (C=O) groups is 1. The van der Waals surface area contributed by atoms with E-state index in [-0.39, 0.29) is 18.2 Å². The lowest BCUT2D eigenvalue weighted by Gasteiger charge is -2.22. The summed E-state index contributed by atoms with van der Waals surface area (Å²) in [6.45, 7) is 7.51. The average molecular weight is 463 g/mol. The van der Waals surface area contributed by atoms with Gasteiger partial charge in [-0.1, -0.05) is 25.4 Å². The highest BCUT2D eigenvalue weighted by Crippen LogP contribution is 2.33. The summed E-state index contributed by atoms with van der Waals surface area (Å²) in [6.07, 6.45) is 0.857. The summed E-state index contributed by atoms with van der Waals surface area (Å²) in [4.78, 5) is 23.5. The number of ether oxygens (including phenoxy) is 3. The molecule has 3 rings (SSSR count). The van der Waals surface area contributed by atoms with Crippen molar-refractivity contribution in [2.45, 2.75) is 45.8 Å². The number of anilines is 1. The van der Waals surface area contributed by atoms with E-state index < -0.39 is 0 Å². The Labute approximate surface area is 194 Å². The van der Waals surface area contributed by atoms with Gasteiger partial charge in [0, 0.05) is 18.7 Å². The van der Waals surface area contributed by atoms with Gasteiger partial charge in [0.2, 0.25) is 0 Å². The normalized spacial score (nSPS) is 18.0. The fraction of sp³-hybridized carbons (Fsp3) is 0.522. The molecule has 1 aromatic heterocycles. The topological polar surface area (TPSA) is 85.8 Å². The minimum absolute atomic E-state index is 0.117. The number of aryl methyl sites for hydroxylation is 2. The quantitative estimate of drug-likeness (QED) is 0.629. The van der Waals surface area contributed by atoms with E-state index in [0.29, 0.717) is 49.1 Å². The van der Waals surface area contributed by atoms with Gasteiger partial charge in [0.15, 0.2) is 0 Å². The fourth-order valence-corrected chi connectivity index (χ4v) is 4.15. The molecule has 174 valence electrons. The van der Waals surface area contributed by atoms with Gasteiger partial charge in [-0.25, -0.2) is 14.8 Å². The third kappa shape index (κ3) is 5.07. The van der Waals surface area contributed by atoms with Crippen LogP contribution in [0.5, 0.6) is 5.75 Å². The minimum atomic E-state index is -0.362. The van der Waals surface area contributed by atoms with E-state index in [2.05, 4.69) is 5.32 Å². The minimum Gasteiger partial charge on any atom is -0.497 e. The van der Waals surface area contributed by atoms with Crippen LogP contribution in [0.4, 0.5) is 10.6 Å². The molecule has 1 aromatic carbocycles. The van der Waals surface area contributed by atoms with Gasteiger partial charge in [0.1, 0.15) is 11.6 Å². The van der Waals surface area contributed by atoms with Crippen molar-refractivity contribution >= 4 is 23.5 Å². The number of nitrogens with one attached hydrogen (secondary N) is 1. The first kappa shape index (κ1) is 24.1. The lowest BCUT2D eigenvalue weighted by Crippen LogP contribution is -2.35. The molecule has 2 aromatic rings. The van der Waals surface area contributed by atoms with Crippen molar-refractivity contribution in [2.24, 2.45) is 0 Å². The van der Waals surface area contributed by atoms with Crippen molar-refractivity contribution in [2.75, 3.05) is 39.2 Å². The number of aromatic nitrogens is 2. The maximum Gasteiger partial charge on any atom is 0.409 e. The van der Waals surface area contributed by atoms with Gasteiger partial charge in [-0.15, -0.1) is 0 Å². The zero-order chi connectivity index (χ0) is 23.3. The summed E-state index contributed by atoms with van der Waals surface area (Å²) in [6, 6.07) is 5.44. The first-order valence-electron chi connectivity index (χ1n) is 10.9. The second-order valence-electron chi connectivity index (χ2n) is 7.49. The molecule has 0 unspecified atom stereocenters. The van der Waals surface area contributed by atoms with E-state index in [4.69, 9.17) is 35.8 Å². The Kier molecular flexibility index (Phi) is 8.15. The lowest BCUT2D eigenvalue weighted by atomic mass is 10.1. The second-order valence-corrected chi connectivity index (χ2v) is 7.89. The number of likely N-dealkylation sites (tertiary alicyclic amines) is 1. The molecule has 1 aliphatic heterocycles. The second kappa shape index (κ2) is 10.8. The Morgan fingerprint density at radius 3 is 2.50 bits per heavy atom. The molecule has 1 saturated heterocycles. The summed E-state index contributed by atoms with van der Waals surface area (Å²) in [5, 5.41) is 4.06. The number of amides is 1. The van der Waals surface area contributed by atoms with Crippen molar-refractivity contribution in [3.8, 4) is 17.0 Å². The molecule has 2 atom stereocenters. The van der Waals surface area contributed by atoms with Gasteiger partial charge in [-0.3, -0.25) is 0 Å². The molecular formula is C23H31ClN4O4. The molecule has 0 spiro atoms. The Hall–Kier alpha value is -2.58. The van der Waals surface area contributed by atoms with Gasteiger partial charge in [0.05, 0.1) is 55.0 Å². The van der Waals surface area contributed by atoms with Gasteiger partial charge in [-0.05, 0) is 38.0 Å². The Bertz CT molecular complexity index is 956. The molecular weight excluding hydrogens is 432 g/mol. The third-order valence-corrected chi connectivity index (χ3v) is 5.86. The predicted molar refractivity (Wildman–Crippen MR) is 125 cm³/mol. The van der Waals surface area contributed by atoms with Crippen LogP contribution in [0, 0.1) is 0 Å². The van der Waals surface area contributed by atoms with Crippen molar-refractivity contribution in [3.63, 3.8) is 0 Å². The predicted octanol–water partition coefficient (Wildman–Crippen LogP) is 4.20. The Morgan fingerprint density at radius 2 is 1.91 bits per heavy atom. The molecule has 1 fully saturated rings. The highest BCUT2D eigenvalue weighted by Gasteiger charge is 2.37. The molecule has 32 heavy (non-hydrogen) atoms. The Morgan fingerprint density at radius 1 is 1.16 bits per heavy atom. The molecule has 1 N–H and O–H groups in total. The number of rotatable bonds is 8. The summed E-state index contributed by atoms with van der Waals surface area (Å²) in [5.74, 6) is 1.40. The first-order valence-corrected chi connectivity index (χ1v) is 11.3. The lowest BCUT2D eigenvalue weighted by molar-refractivity contribution is 0.0613. The molecule has 8 nitrogen and oxygen atoms in total. The number of methoxy groups -OCH3 is 2. The van der Waals surface area contributed by atoms with Crippen molar-refractivity contribution in [3.05, 3.63) is 34.6 Å². The van der Waals surface area contributed by atoms with Gasteiger partial charge in [0.25, 0.3) is 0 Å². The molecule has 9 heteroatoms. The highest BCUT2D eigenvalue weighted by molar-refractivity contribution is 6.33. The molecule has 1 amide bonds. The standard InChI is InChI=1S/C23H31ClN4O4/c1-6-17-21(15-10-9-14(30-4)11-16(15)24)25-18(7-2)22(26-17)27-19-12-28(23(29)31-5)13-20(19)32-8-3/h9-11,19-20H,6-8,12-13H2,1-5H3,(H,26,27)/t19-,20+/m1/s1. The van der Waals surface area contributed by atoms with Crippen LogP contribution in [-0.4, -0.2) is 67.0 Å². The number of hydrogen-bond donors (Lipinski definition) is 1. The summed E-state index contributed by atoms with van der Waals surface area (Å²) in [5.41, 5.74) is 3.26. The maximum absolute atomic E-state index is 12.0. The zero-order valence-electron chi connectivity index (χ0n) is 19.3. The third-order valence-electron chi connectivity index (χ3n) is 5.54. The summed E-state index contributed by atoms with van der Waals surface area (Å²) in [7, 11) is 2.99. The van der Waals surface area contributed by atoms with Crippen molar-refractivity contribution in [1.29, 1.82) is 0 Å². The van der Waals surface area contributed by atoms with Crippen LogP contribution in [0.25, 0.3) is 11.3 Å². The van der Waals surface area contributed by atoms with Gasteiger partial charge >= 0.3 is 6.09 Å². The molecule has 0 aliphatic carbocycles. The van der Waals surface area contributed by atoms with Gasteiger partial charge in [-0.2, -0.15) is 0 Å². The number of halogens is 1. The summed E-state index contributed by atoms with van der Waals surface area (Å²) >= 11 is 6.53. The average Bonchev–Trinajstić information content (AvgIpc) is 3.20. The highest BCUT2D eigenvalue weighted by atomic mass is 35.5. The Balaban J connectivity index is 1.95. The van der Waals surface area contributed by atoms with Crippen molar-refractivity contribution < 1.29 is 19.0 Å². The van der Waals surface area contributed by atoms with E-state index in [1.54, 1.807) is 18.1 Å². The van der Waals surface area contributed by atoms with Crippen LogP contribution in [0.15, 0.2) is 18.2 Å². The number of benzene rings is 1. The van der Waals surface area contributed by atoms with Crippen molar-refractivity contribution in [1.82, 2.24) is 14.9 Å². The molecule has 0 bridgehead atoms. The van der Waals surface area contributed by atoms with Crippen LogP contribution < -0.4 is 10.1 Å². The monoisotopic (exact) mass is 462 g/mol. The molecule has 2 heterocycles. The summed E-state index contributed by atoms with van der Waals surface area (Å²) < 4.78 is 16.0. The smallest absolute Gasteiger partial charge is 0.409 e. The first-order chi connectivity index (χ1) is 15.4. The van der Waals surface area contributed by atoms with Crippen LogP contribution >= 0.6 is 11.6 Å². The fourth-order valence-electron chi connectivity index (χ4n) is 3.89. The molecule has 0 radical (unpaired) electrons.